The Bertz CT molecular complexity index is 1100. The molecule has 1 fully saturated rings. The molecule has 0 N–H and O–H groups in total. The highest BCUT2D eigenvalue weighted by molar-refractivity contribution is 7.93. The molecule has 0 bridgehead atoms. The van der Waals surface area contributed by atoms with Crippen LogP contribution in [-0.2, 0) is 30.5 Å². The number of nitrogens with zero attached hydrogens (tertiary/aromatic N) is 2. The van der Waals surface area contributed by atoms with E-state index in [1.54, 1.807) is 45.0 Å². The Morgan fingerprint density at radius 1 is 1.06 bits per heavy atom. The molecule has 7 nitrogen and oxygen atoms in total. The maximum absolute atomic E-state index is 13.6. The summed E-state index contributed by atoms with van der Waals surface area (Å²) >= 11 is 0. The van der Waals surface area contributed by atoms with E-state index < -0.39 is 32.1 Å². The van der Waals surface area contributed by atoms with Crippen LogP contribution in [0.5, 0.6) is 0 Å². The number of sulfone groups is 1. The van der Waals surface area contributed by atoms with Gasteiger partial charge in [0.2, 0.25) is 15.8 Å². The van der Waals surface area contributed by atoms with Crippen molar-refractivity contribution in [1.29, 1.82) is 0 Å². The van der Waals surface area contributed by atoms with Crippen molar-refractivity contribution in [2.75, 3.05) is 13.2 Å². The average Bonchev–Trinajstić information content (AvgIpc) is 2.77. The number of hydrogen-bond acceptors (Lipinski definition) is 7. The second kappa shape index (κ2) is 9.65. The van der Waals surface area contributed by atoms with Gasteiger partial charge in [-0.25, -0.2) is 22.2 Å². The van der Waals surface area contributed by atoms with E-state index in [9.17, 15) is 22.0 Å². The van der Waals surface area contributed by atoms with Gasteiger partial charge in [-0.15, -0.1) is 0 Å². The normalized spacial score (nSPS) is 16.8. The minimum Gasteiger partial charge on any atom is -0.459 e. The summed E-state index contributed by atoms with van der Waals surface area (Å²) in [5, 5.41) is -0.314. The van der Waals surface area contributed by atoms with Crippen molar-refractivity contribution in [3.63, 3.8) is 0 Å². The minimum absolute atomic E-state index is 0.0358. The highest BCUT2D eigenvalue weighted by Gasteiger charge is 2.55. The molecule has 0 unspecified atom stereocenters. The van der Waals surface area contributed by atoms with Gasteiger partial charge in [0.25, 0.3) is 0 Å². The third kappa shape index (κ3) is 5.96. The lowest BCUT2D eigenvalue weighted by molar-refractivity contribution is -0.160. The van der Waals surface area contributed by atoms with Crippen molar-refractivity contribution in [1.82, 2.24) is 9.97 Å². The van der Waals surface area contributed by atoms with Crippen LogP contribution in [0, 0.1) is 0 Å². The number of esters is 1. The molecular weight excluding hydrogens is 466 g/mol. The lowest BCUT2D eigenvalue weighted by Crippen LogP contribution is -2.53. The summed E-state index contributed by atoms with van der Waals surface area (Å²) in [4.78, 5) is 21.4. The number of rotatable bonds is 7. The van der Waals surface area contributed by atoms with Gasteiger partial charge in [0.1, 0.15) is 5.60 Å². The molecule has 0 amide bonds. The Hall–Kier alpha value is -2.46. The number of alkyl halides is 2. The molecule has 10 heteroatoms. The zero-order chi connectivity index (χ0) is 25.2. The van der Waals surface area contributed by atoms with Crippen LogP contribution in [0.4, 0.5) is 8.78 Å². The summed E-state index contributed by atoms with van der Waals surface area (Å²) in [5.41, 5.74) is 0.990. The molecule has 2 aromatic rings. The topological polar surface area (TPSA) is 95.5 Å². The Balaban J connectivity index is 1.85. The van der Waals surface area contributed by atoms with Gasteiger partial charge in [0.15, 0.2) is 9.77 Å². The van der Waals surface area contributed by atoms with Crippen LogP contribution < -0.4 is 0 Å². The molecule has 1 saturated heterocycles. The third-order valence-corrected chi connectivity index (χ3v) is 7.96. The molecule has 0 radical (unpaired) electrons. The number of benzene rings is 1. The van der Waals surface area contributed by atoms with E-state index in [-0.39, 0.29) is 43.9 Å². The Kier molecular flexibility index (Phi) is 7.43. The minimum atomic E-state index is -4.22. The van der Waals surface area contributed by atoms with E-state index in [4.69, 9.17) is 9.47 Å². The first kappa shape index (κ1) is 26.2. The van der Waals surface area contributed by atoms with Gasteiger partial charge < -0.3 is 9.47 Å². The van der Waals surface area contributed by atoms with Gasteiger partial charge in [-0.2, -0.15) is 0 Å². The third-order valence-electron chi connectivity index (χ3n) is 5.59. The van der Waals surface area contributed by atoms with Crippen LogP contribution in [0.3, 0.4) is 0 Å². The van der Waals surface area contributed by atoms with E-state index in [0.717, 1.165) is 18.7 Å². The van der Waals surface area contributed by atoms with Crippen molar-refractivity contribution < 1.29 is 31.5 Å². The Labute approximate surface area is 198 Å². The number of halogens is 2. The van der Waals surface area contributed by atoms with E-state index in [2.05, 4.69) is 9.97 Å². The fraction of sp³-hybridized carbons (Fsp3) is 0.542. The highest BCUT2D eigenvalue weighted by Crippen LogP contribution is 2.36. The molecule has 0 spiro atoms. The van der Waals surface area contributed by atoms with E-state index in [0.29, 0.717) is 11.3 Å². The first-order chi connectivity index (χ1) is 15.7. The lowest BCUT2D eigenvalue weighted by atomic mass is 9.99. The molecule has 3 rings (SSSR count). The molecule has 2 heterocycles. The molecule has 186 valence electrons. The van der Waals surface area contributed by atoms with Gasteiger partial charge in [-0.1, -0.05) is 24.3 Å². The summed E-state index contributed by atoms with van der Waals surface area (Å²) in [6.45, 7) is 6.15. The van der Waals surface area contributed by atoms with Crippen LogP contribution >= 0.6 is 0 Å². The van der Waals surface area contributed by atoms with E-state index in [1.807, 2.05) is 0 Å². The number of aromatic nitrogens is 2. The summed E-state index contributed by atoms with van der Waals surface area (Å²) < 4.78 is 62.3. The number of carbonyl (C=O) groups excluding carboxylic acids is 1. The van der Waals surface area contributed by atoms with Crippen LogP contribution in [0.15, 0.2) is 41.7 Å². The molecule has 1 aromatic carbocycles. The maximum Gasteiger partial charge on any atom is 0.328 e. The molecular formula is C24H30F2N2O5S. The Morgan fingerprint density at radius 2 is 1.68 bits per heavy atom. The van der Waals surface area contributed by atoms with Crippen molar-refractivity contribution in [2.24, 2.45) is 0 Å². The summed E-state index contributed by atoms with van der Waals surface area (Å²) in [5.74, 6) is -3.55. The van der Waals surface area contributed by atoms with Crippen molar-refractivity contribution in [3.05, 3.63) is 42.2 Å². The predicted molar refractivity (Wildman–Crippen MR) is 122 cm³/mol. The van der Waals surface area contributed by atoms with Gasteiger partial charge in [0.05, 0.1) is 18.1 Å². The monoisotopic (exact) mass is 496 g/mol. The first-order valence-corrected chi connectivity index (χ1v) is 12.6. The molecule has 1 aliphatic heterocycles. The van der Waals surface area contributed by atoms with Crippen LogP contribution in [0.1, 0.15) is 52.5 Å². The van der Waals surface area contributed by atoms with E-state index >= 15 is 0 Å². The first-order valence-electron chi connectivity index (χ1n) is 11.1. The van der Waals surface area contributed by atoms with Crippen LogP contribution in [-0.4, -0.2) is 53.8 Å². The molecule has 0 aliphatic carbocycles. The van der Waals surface area contributed by atoms with E-state index in [1.165, 1.54) is 6.20 Å². The molecule has 1 aromatic heterocycles. The fourth-order valence-corrected chi connectivity index (χ4v) is 5.41. The predicted octanol–water partition coefficient (Wildman–Crippen LogP) is 4.40. The number of carbonyl (C=O) groups is 1. The second-order valence-corrected chi connectivity index (χ2v) is 11.8. The molecule has 1 aliphatic rings. The van der Waals surface area contributed by atoms with Crippen molar-refractivity contribution >= 4 is 15.8 Å². The molecule has 0 atom stereocenters. The van der Waals surface area contributed by atoms with Crippen molar-refractivity contribution in [3.8, 4) is 11.3 Å². The number of ether oxygens (including phenoxy) is 2. The quantitative estimate of drug-likeness (QED) is 0.525. The zero-order valence-electron chi connectivity index (χ0n) is 19.8. The van der Waals surface area contributed by atoms with Crippen LogP contribution in [0.25, 0.3) is 11.3 Å². The second-order valence-electron chi connectivity index (χ2n) is 9.62. The summed E-state index contributed by atoms with van der Waals surface area (Å²) in [6.07, 6.45) is 2.38. The number of hydrogen-bond donors (Lipinski definition) is 0. The highest BCUT2D eigenvalue weighted by atomic mass is 32.2. The van der Waals surface area contributed by atoms with Crippen molar-refractivity contribution in [2.45, 2.75) is 74.7 Å². The summed E-state index contributed by atoms with van der Waals surface area (Å²) in [6, 6.07) is 6.91. The van der Waals surface area contributed by atoms with Crippen LogP contribution in [0.2, 0.25) is 0 Å². The van der Waals surface area contributed by atoms with Gasteiger partial charge in [-0.05, 0) is 39.7 Å². The molecule has 0 saturated carbocycles. The lowest BCUT2D eigenvalue weighted by Gasteiger charge is -2.36. The average molecular weight is 497 g/mol. The SMILES string of the molecule is CC(F)(F)CCc1ccc(-c2cnc(S(=O)(=O)C3(C(=O)OC(C)(C)C)CCOCC3)cn2)cc1. The zero-order valence-corrected chi connectivity index (χ0v) is 20.6. The smallest absolute Gasteiger partial charge is 0.328 e. The standard InChI is InChI=1S/C24H30F2N2O5S/c1-22(2,3)33-21(29)24(11-13-32-14-12-24)34(30,31)20-16-27-19(15-28-20)18-7-5-17(6-8-18)9-10-23(4,25)26/h5-8,15-16H,9-14H2,1-4H3. The Morgan fingerprint density at radius 3 is 2.18 bits per heavy atom. The summed E-state index contributed by atoms with van der Waals surface area (Å²) in [7, 11) is -4.22. The largest absolute Gasteiger partial charge is 0.459 e. The van der Waals surface area contributed by atoms with Gasteiger partial charge in [0, 0.05) is 38.0 Å². The molecule has 34 heavy (non-hydrogen) atoms. The van der Waals surface area contributed by atoms with Gasteiger partial charge in [-0.3, -0.25) is 9.78 Å². The fourth-order valence-electron chi connectivity index (χ4n) is 3.66. The number of aryl methyl sites for hydroxylation is 1. The van der Waals surface area contributed by atoms with Gasteiger partial charge >= 0.3 is 5.97 Å². The maximum atomic E-state index is 13.6.